The predicted molar refractivity (Wildman–Crippen MR) is 83.4 cm³/mol. The van der Waals surface area contributed by atoms with Gasteiger partial charge in [-0.2, -0.15) is 0 Å². The molecule has 1 rings (SSSR count). The number of hydrogen-bond donors (Lipinski definition) is 1. The summed E-state index contributed by atoms with van der Waals surface area (Å²) in [6.45, 7) is 4.34. The molecule has 0 aliphatic carbocycles. The van der Waals surface area contributed by atoms with Crippen LogP contribution in [0.5, 0.6) is 5.75 Å². The molecule has 0 bridgehead atoms. The molecule has 1 N–H and O–H groups in total. The van der Waals surface area contributed by atoms with E-state index >= 15 is 0 Å². The number of carbonyl (C=O) groups excluding carboxylic acids is 1. The molecule has 0 aliphatic rings. The van der Waals surface area contributed by atoms with Crippen LogP contribution >= 0.6 is 15.9 Å². The number of nitrogens with zero attached hydrogens (tertiary/aromatic N) is 1. The number of rotatable bonds is 8. The van der Waals surface area contributed by atoms with Crippen LogP contribution in [-0.2, 0) is 9.59 Å². The predicted octanol–water partition coefficient (Wildman–Crippen LogP) is 2.93. The van der Waals surface area contributed by atoms with Gasteiger partial charge in [0.25, 0.3) is 0 Å². The van der Waals surface area contributed by atoms with E-state index in [4.69, 9.17) is 9.84 Å². The summed E-state index contributed by atoms with van der Waals surface area (Å²) in [5.41, 5.74) is 0. The number of ether oxygens (including phenoxy) is 1. The fourth-order valence-corrected chi connectivity index (χ4v) is 2.43. The minimum Gasteiger partial charge on any atom is -0.493 e. The Balaban J connectivity index is 2.45. The van der Waals surface area contributed by atoms with Gasteiger partial charge >= 0.3 is 5.97 Å². The maximum absolute atomic E-state index is 12.1. The molecule has 0 spiro atoms. The normalized spacial score (nSPS) is 11.8. The first-order valence-corrected chi connectivity index (χ1v) is 7.63. The van der Waals surface area contributed by atoms with Crippen LogP contribution in [0.2, 0.25) is 0 Å². The number of carboxylic acid groups (broad SMARTS) is 1. The van der Waals surface area contributed by atoms with Crippen LogP contribution < -0.4 is 4.74 Å². The zero-order chi connectivity index (χ0) is 15.8. The standard InChI is InChI=1S/C15H20BrNO4/c1-3-17(11(2)9-15(19)20)14(18)7-8-21-13-6-4-5-12(16)10-13/h4-6,10-11H,3,7-9H2,1-2H3,(H,19,20). The number of halogens is 1. The van der Waals surface area contributed by atoms with E-state index in [1.807, 2.05) is 31.2 Å². The molecule has 0 saturated carbocycles. The monoisotopic (exact) mass is 357 g/mol. The van der Waals surface area contributed by atoms with Crippen molar-refractivity contribution >= 4 is 27.8 Å². The van der Waals surface area contributed by atoms with Crippen molar-refractivity contribution in [3.05, 3.63) is 28.7 Å². The second-order valence-corrected chi connectivity index (χ2v) is 5.60. The molecule has 1 amide bonds. The van der Waals surface area contributed by atoms with Crippen molar-refractivity contribution in [3.8, 4) is 5.75 Å². The molecule has 5 nitrogen and oxygen atoms in total. The third-order valence-corrected chi connectivity index (χ3v) is 3.54. The average molecular weight is 358 g/mol. The highest BCUT2D eigenvalue weighted by Crippen LogP contribution is 2.18. The molecule has 0 radical (unpaired) electrons. The van der Waals surface area contributed by atoms with Gasteiger partial charge in [0.15, 0.2) is 0 Å². The molecule has 21 heavy (non-hydrogen) atoms. The summed E-state index contributed by atoms with van der Waals surface area (Å²) >= 11 is 3.35. The summed E-state index contributed by atoms with van der Waals surface area (Å²) < 4.78 is 6.43. The Morgan fingerprint density at radius 3 is 2.71 bits per heavy atom. The molecule has 6 heteroatoms. The summed E-state index contributed by atoms with van der Waals surface area (Å²) in [6, 6.07) is 7.08. The van der Waals surface area contributed by atoms with Crippen LogP contribution in [0.3, 0.4) is 0 Å². The van der Waals surface area contributed by atoms with Crippen molar-refractivity contribution in [1.82, 2.24) is 4.90 Å². The van der Waals surface area contributed by atoms with Gasteiger partial charge in [0.2, 0.25) is 5.91 Å². The van der Waals surface area contributed by atoms with Crippen LogP contribution in [0.25, 0.3) is 0 Å². The molecular formula is C15H20BrNO4. The zero-order valence-electron chi connectivity index (χ0n) is 12.2. The third-order valence-electron chi connectivity index (χ3n) is 3.04. The van der Waals surface area contributed by atoms with Crippen molar-refractivity contribution in [1.29, 1.82) is 0 Å². The van der Waals surface area contributed by atoms with Crippen LogP contribution in [0.15, 0.2) is 28.7 Å². The summed E-state index contributed by atoms with van der Waals surface area (Å²) in [6.07, 6.45) is 0.177. The van der Waals surface area contributed by atoms with E-state index in [1.165, 1.54) is 0 Å². The number of carboxylic acids is 1. The van der Waals surface area contributed by atoms with Crippen LogP contribution in [0.1, 0.15) is 26.7 Å². The molecule has 0 heterocycles. The molecule has 1 aromatic carbocycles. The van der Waals surface area contributed by atoms with Gasteiger partial charge in [-0.25, -0.2) is 0 Å². The number of aliphatic carboxylic acids is 1. The third kappa shape index (κ3) is 6.16. The van der Waals surface area contributed by atoms with E-state index in [1.54, 1.807) is 11.8 Å². The topological polar surface area (TPSA) is 66.8 Å². The molecule has 0 fully saturated rings. The molecule has 0 aromatic heterocycles. The Labute approximate surface area is 133 Å². The summed E-state index contributed by atoms with van der Waals surface area (Å²) in [5, 5.41) is 8.79. The van der Waals surface area contributed by atoms with Gasteiger partial charge in [-0.1, -0.05) is 22.0 Å². The Hall–Kier alpha value is -1.56. The summed E-state index contributed by atoms with van der Waals surface area (Å²) in [4.78, 5) is 24.4. The highest BCUT2D eigenvalue weighted by atomic mass is 79.9. The molecule has 1 aromatic rings. The fourth-order valence-electron chi connectivity index (χ4n) is 2.05. The lowest BCUT2D eigenvalue weighted by molar-refractivity contribution is -0.140. The first kappa shape index (κ1) is 17.5. The molecular weight excluding hydrogens is 338 g/mol. The lowest BCUT2D eigenvalue weighted by atomic mass is 10.2. The Bertz CT molecular complexity index is 492. The van der Waals surface area contributed by atoms with Crippen molar-refractivity contribution in [3.63, 3.8) is 0 Å². The number of carbonyl (C=O) groups is 2. The molecule has 116 valence electrons. The van der Waals surface area contributed by atoms with Gasteiger partial charge < -0.3 is 14.7 Å². The second-order valence-electron chi connectivity index (χ2n) is 4.68. The second kappa shape index (κ2) is 8.67. The quantitative estimate of drug-likeness (QED) is 0.776. The Morgan fingerprint density at radius 1 is 1.43 bits per heavy atom. The molecule has 0 saturated heterocycles. The van der Waals surface area contributed by atoms with Gasteiger partial charge in [0.05, 0.1) is 19.4 Å². The molecule has 0 aliphatic heterocycles. The van der Waals surface area contributed by atoms with Gasteiger partial charge in [0, 0.05) is 17.1 Å². The van der Waals surface area contributed by atoms with Gasteiger partial charge in [-0.3, -0.25) is 9.59 Å². The van der Waals surface area contributed by atoms with Crippen LogP contribution in [-0.4, -0.2) is 41.1 Å². The van der Waals surface area contributed by atoms with Gasteiger partial charge in [-0.05, 0) is 32.0 Å². The summed E-state index contributed by atoms with van der Waals surface area (Å²) in [7, 11) is 0. The number of amides is 1. The van der Waals surface area contributed by atoms with Crippen molar-refractivity contribution in [2.24, 2.45) is 0 Å². The van der Waals surface area contributed by atoms with Gasteiger partial charge in [0.1, 0.15) is 5.75 Å². The highest BCUT2D eigenvalue weighted by Gasteiger charge is 2.20. The highest BCUT2D eigenvalue weighted by molar-refractivity contribution is 9.10. The maximum atomic E-state index is 12.1. The van der Waals surface area contributed by atoms with E-state index in [9.17, 15) is 9.59 Å². The van der Waals surface area contributed by atoms with Crippen LogP contribution in [0.4, 0.5) is 0 Å². The maximum Gasteiger partial charge on any atom is 0.305 e. The van der Waals surface area contributed by atoms with Crippen molar-refractivity contribution in [2.45, 2.75) is 32.7 Å². The molecule has 1 unspecified atom stereocenters. The van der Waals surface area contributed by atoms with E-state index in [0.717, 1.165) is 4.47 Å². The first-order chi connectivity index (χ1) is 9.93. The van der Waals surface area contributed by atoms with E-state index in [-0.39, 0.29) is 31.4 Å². The van der Waals surface area contributed by atoms with Gasteiger partial charge in [-0.15, -0.1) is 0 Å². The number of benzene rings is 1. The SMILES string of the molecule is CCN(C(=O)CCOc1cccc(Br)c1)C(C)CC(=O)O. The smallest absolute Gasteiger partial charge is 0.305 e. The van der Waals surface area contributed by atoms with Crippen molar-refractivity contribution < 1.29 is 19.4 Å². The Morgan fingerprint density at radius 2 is 2.14 bits per heavy atom. The largest absolute Gasteiger partial charge is 0.493 e. The van der Waals surface area contributed by atoms with E-state index in [2.05, 4.69) is 15.9 Å². The lowest BCUT2D eigenvalue weighted by Gasteiger charge is -2.27. The van der Waals surface area contributed by atoms with Crippen LogP contribution in [0, 0.1) is 0 Å². The zero-order valence-corrected chi connectivity index (χ0v) is 13.8. The first-order valence-electron chi connectivity index (χ1n) is 6.83. The number of hydrogen-bond acceptors (Lipinski definition) is 3. The average Bonchev–Trinajstić information content (AvgIpc) is 2.38. The van der Waals surface area contributed by atoms with Crippen molar-refractivity contribution in [2.75, 3.05) is 13.2 Å². The fraction of sp³-hybridized carbons (Fsp3) is 0.467. The van der Waals surface area contributed by atoms with E-state index < -0.39 is 5.97 Å². The molecule has 1 atom stereocenters. The minimum atomic E-state index is -0.904. The Kier molecular flexibility index (Phi) is 7.22. The lowest BCUT2D eigenvalue weighted by Crippen LogP contribution is -2.40. The van der Waals surface area contributed by atoms with E-state index in [0.29, 0.717) is 12.3 Å². The summed E-state index contributed by atoms with van der Waals surface area (Å²) in [5.74, 6) is -0.306. The minimum absolute atomic E-state index is 0.0495.